The molecule has 74 valence electrons. The average Bonchev–Trinajstić information content (AvgIpc) is 2.72. The van der Waals surface area contributed by atoms with Gasteiger partial charge in [0.25, 0.3) is 0 Å². The number of aliphatic hydroxyl groups excluding tert-OH is 1. The molecule has 5 heteroatoms. The van der Waals surface area contributed by atoms with E-state index < -0.39 is 0 Å². The van der Waals surface area contributed by atoms with Gasteiger partial charge in [-0.15, -0.1) is 5.10 Å². The maximum Gasteiger partial charge on any atom is 0.139 e. The standard InChI is InChI=1S/C10H8N4O/c15-6-14-8-4-3-7-2-1-5-11-9(7)10(8)12-13-14/h1-5,15H,6H2. The molecule has 3 aromatic rings. The Morgan fingerprint density at radius 1 is 1.20 bits per heavy atom. The van der Waals surface area contributed by atoms with Gasteiger partial charge in [0.15, 0.2) is 0 Å². The van der Waals surface area contributed by atoms with Crippen LogP contribution in [0.4, 0.5) is 0 Å². The molecule has 0 amide bonds. The van der Waals surface area contributed by atoms with Gasteiger partial charge in [-0.05, 0) is 12.1 Å². The molecule has 1 N–H and O–H groups in total. The van der Waals surface area contributed by atoms with Crippen molar-refractivity contribution in [1.82, 2.24) is 20.0 Å². The maximum atomic E-state index is 9.04. The highest BCUT2D eigenvalue weighted by Crippen LogP contribution is 2.20. The lowest BCUT2D eigenvalue weighted by atomic mass is 10.2. The molecular weight excluding hydrogens is 192 g/mol. The highest BCUT2D eigenvalue weighted by atomic mass is 16.3. The minimum Gasteiger partial charge on any atom is -0.374 e. The van der Waals surface area contributed by atoms with Gasteiger partial charge in [-0.3, -0.25) is 4.98 Å². The number of rotatable bonds is 1. The van der Waals surface area contributed by atoms with Crippen molar-refractivity contribution >= 4 is 21.9 Å². The molecule has 15 heavy (non-hydrogen) atoms. The predicted octanol–water partition coefficient (Wildman–Crippen LogP) is 0.929. The van der Waals surface area contributed by atoms with E-state index in [1.54, 1.807) is 6.20 Å². The normalized spacial score (nSPS) is 11.3. The molecule has 0 spiro atoms. The zero-order valence-corrected chi connectivity index (χ0v) is 7.83. The summed E-state index contributed by atoms with van der Waals surface area (Å²) in [5.74, 6) is 0. The van der Waals surface area contributed by atoms with E-state index >= 15 is 0 Å². The average molecular weight is 200 g/mol. The number of pyridine rings is 1. The third kappa shape index (κ3) is 1.10. The number of benzene rings is 1. The number of nitrogens with zero attached hydrogens (tertiary/aromatic N) is 4. The van der Waals surface area contributed by atoms with Crippen LogP contribution < -0.4 is 0 Å². The number of fused-ring (bicyclic) bond motifs is 3. The Hall–Kier alpha value is -2.01. The molecule has 0 aliphatic carbocycles. The Bertz CT molecular complexity index is 631. The molecule has 0 aliphatic rings. The fourth-order valence-corrected chi connectivity index (χ4v) is 1.68. The summed E-state index contributed by atoms with van der Waals surface area (Å²) in [6.07, 6.45) is 1.72. The lowest BCUT2D eigenvalue weighted by Gasteiger charge is -1.98. The molecule has 1 aromatic carbocycles. The van der Waals surface area contributed by atoms with Gasteiger partial charge in [0, 0.05) is 11.6 Å². The van der Waals surface area contributed by atoms with Crippen LogP contribution in [-0.4, -0.2) is 25.1 Å². The smallest absolute Gasteiger partial charge is 0.139 e. The summed E-state index contributed by atoms with van der Waals surface area (Å²) in [6, 6.07) is 7.68. The minimum atomic E-state index is -0.172. The third-order valence-corrected chi connectivity index (χ3v) is 2.39. The number of hydrogen-bond donors (Lipinski definition) is 1. The van der Waals surface area contributed by atoms with Crippen LogP contribution in [0.5, 0.6) is 0 Å². The fraction of sp³-hybridized carbons (Fsp3) is 0.100. The van der Waals surface area contributed by atoms with E-state index in [4.69, 9.17) is 5.11 Å². The second-order valence-electron chi connectivity index (χ2n) is 3.24. The summed E-state index contributed by atoms with van der Waals surface area (Å²) in [5, 5.41) is 17.9. The quantitative estimate of drug-likeness (QED) is 0.634. The van der Waals surface area contributed by atoms with Crippen molar-refractivity contribution in [3.05, 3.63) is 30.5 Å². The number of hydrogen-bond acceptors (Lipinski definition) is 4. The lowest BCUT2D eigenvalue weighted by Crippen LogP contribution is -1.98. The molecule has 3 rings (SSSR count). The summed E-state index contributed by atoms with van der Waals surface area (Å²) in [4.78, 5) is 4.26. The zero-order valence-electron chi connectivity index (χ0n) is 7.83. The highest BCUT2D eigenvalue weighted by Gasteiger charge is 2.07. The molecule has 0 saturated carbocycles. The Morgan fingerprint density at radius 3 is 3.00 bits per heavy atom. The topological polar surface area (TPSA) is 63.8 Å². The van der Waals surface area contributed by atoms with Crippen molar-refractivity contribution in [1.29, 1.82) is 0 Å². The third-order valence-electron chi connectivity index (χ3n) is 2.39. The van der Waals surface area contributed by atoms with Crippen LogP contribution in [0.2, 0.25) is 0 Å². The van der Waals surface area contributed by atoms with Gasteiger partial charge in [-0.1, -0.05) is 17.3 Å². The van der Waals surface area contributed by atoms with Crippen LogP contribution in [0, 0.1) is 0 Å². The summed E-state index contributed by atoms with van der Waals surface area (Å²) in [7, 11) is 0. The fourth-order valence-electron chi connectivity index (χ4n) is 1.68. The van der Waals surface area contributed by atoms with E-state index in [1.165, 1.54) is 4.68 Å². The van der Waals surface area contributed by atoms with Gasteiger partial charge in [-0.2, -0.15) is 0 Å². The highest BCUT2D eigenvalue weighted by molar-refractivity contribution is 6.00. The van der Waals surface area contributed by atoms with Crippen molar-refractivity contribution in [2.75, 3.05) is 0 Å². The van der Waals surface area contributed by atoms with Crippen LogP contribution in [0.1, 0.15) is 0 Å². The van der Waals surface area contributed by atoms with E-state index in [9.17, 15) is 0 Å². The number of aliphatic hydroxyl groups is 1. The maximum absolute atomic E-state index is 9.04. The SMILES string of the molecule is OCn1nnc2c3ncccc3ccc21. The van der Waals surface area contributed by atoms with Crippen LogP contribution in [0.15, 0.2) is 30.5 Å². The van der Waals surface area contributed by atoms with Crippen molar-refractivity contribution in [2.45, 2.75) is 6.73 Å². The molecule has 0 bridgehead atoms. The monoisotopic (exact) mass is 200 g/mol. The lowest BCUT2D eigenvalue weighted by molar-refractivity contribution is 0.197. The Kier molecular flexibility index (Phi) is 1.66. The largest absolute Gasteiger partial charge is 0.374 e. The van der Waals surface area contributed by atoms with Gasteiger partial charge in [0.1, 0.15) is 12.2 Å². The van der Waals surface area contributed by atoms with Gasteiger partial charge in [0.05, 0.1) is 11.0 Å². The summed E-state index contributed by atoms with van der Waals surface area (Å²) >= 11 is 0. The Labute approximate surface area is 85.0 Å². The van der Waals surface area contributed by atoms with Gasteiger partial charge >= 0.3 is 0 Å². The second-order valence-corrected chi connectivity index (χ2v) is 3.24. The summed E-state index contributed by atoms with van der Waals surface area (Å²) in [6.45, 7) is -0.172. The molecule has 0 radical (unpaired) electrons. The van der Waals surface area contributed by atoms with Crippen molar-refractivity contribution in [3.8, 4) is 0 Å². The van der Waals surface area contributed by atoms with Crippen molar-refractivity contribution < 1.29 is 5.11 Å². The van der Waals surface area contributed by atoms with E-state index in [0.29, 0.717) is 0 Å². The molecular formula is C10H8N4O. The van der Waals surface area contributed by atoms with Crippen LogP contribution in [-0.2, 0) is 6.73 Å². The Morgan fingerprint density at radius 2 is 2.13 bits per heavy atom. The predicted molar refractivity (Wildman–Crippen MR) is 55.0 cm³/mol. The number of aromatic nitrogens is 4. The zero-order chi connectivity index (χ0) is 10.3. The first-order valence-corrected chi connectivity index (χ1v) is 4.58. The van der Waals surface area contributed by atoms with Crippen molar-refractivity contribution in [2.24, 2.45) is 0 Å². The van der Waals surface area contributed by atoms with Crippen LogP contribution in [0.25, 0.3) is 21.9 Å². The first-order chi connectivity index (χ1) is 7.40. The molecule has 0 unspecified atom stereocenters. The van der Waals surface area contributed by atoms with E-state index in [1.807, 2.05) is 24.3 Å². The van der Waals surface area contributed by atoms with E-state index in [0.717, 1.165) is 21.9 Å². The molecule has 0 aliphatic heterocycles. The van der Waals surface area contributed by atoms with Crippen LogP contribution in [0.3, 0.4) is 0 Å². The molecule has 2 aromatic heterocycles. The van der Waals surface area contributed by atoms with Crippen LogP contribution >= 0.6 is 0 Å². The molecule has 0 atom stereocenters. The first-order valence-electron chi connectivity index (χ1n) is 4.58. The van der Waals surface area contributed by atoms with Crippen molar-refractivity contribution in [3.63, 3.8) is 0 Å². The second kappa shape index (κ2) is 2.99. The molecule has 5 nitrogen and oxygen atoms in total. The van der Waals surface area contributed by atoms with Gasteiger partial charge in [-0.25, -0.2) is 4.68 Å². The first kappa shape index (κ1) is 8.31. The van der Waals surface area contributed by atoms with Gasteiger partial charge in [0.2, 0.25) is 0 Å². The Balaban J connectivity index is 2.50. The molecule has 0 fully saturated rings. The molecule has 0 saturated heterocycles. The molecule has 2 heterocycles. The van der Waals surface area contributed by atoms with E-state index in [-0.39, 0.29) is 6.73 Å². The minimum absolute atomic E-state index is 0.172. The summed E-state index contributed by atoms with van der Waals surface area (Å²) < 4.78 is 1.43. The van der Waals surface area contributed by atoms with E-state index in [2.05, 4.69) is 15.3 Å². The summed E-state index contributed by atoms with van der Waals surface area (Å²) in [5.41, 5.74) is 2.33. The van der Waals surface area contributed by atoms with Gasteiger partial charge < -0.3 is 5.11 Å².